The van der Waals surface area contributed by atoms with Crippen LogP contribution in [0, 0.1) is 5.92 Å². The number of aromatic amines is 1. The molecule has 1 saturated carbocycles. The summed E-state index contributed by atoms with van der Waals surface area (Å²) in [6.07, 6.45) is 7.43. The van der Waals surface area contributed by atoms with Crippen LogP contribution in [0.25, 0.3) is 22.6 Å². The number of nitrogens with zero attached hydrogens (tertiary/aromatic N) is 5. The topological polar surface area (TPSA) is 104 Å². The molecular weight excluding hydrogens is 378 g/mol. The standard InChI is InChI=1S/C22H27N7O.3H2/c23-20-19(21-25-16-8-4-5-9-17(16)26-21)27-18(14-24-20)28-10-12-29(13-11-28)22(30)15-6-2-1-3-7-15;;;/h4-5,8-9,14-15H,1-3,6-7,10-13H2,(H2,23,24)(H,25,26);3*1H. The summed E-state index contributed by atoms with van der Waals surface area (Å²) in [6.45, 7) is 2.94. The Hall–Kier alpha value is -3.16. The molecule has 2 aliphatic rings. The fourth-order valence-electron chi connectivity index (χ4n) is 4.54. The fourth-order valence-corrected chi connectivity index (χ4v) is 4.54. The number of hydrogen-bond acceptors (Lipinski definition) is 6. The van der Waals surface area contributed by atoms with Crippen LogP contribution in [-0.4, -0.2) is 56.9 Å². The number of nitrogen functional groups attached to an aromatic ring is 1. The minimum absolute atomic E-state index is 0. The summed E-state index contributed by atoms with van der Waals surface area (Å²) in [4.78, 5) is 34.0. The minimum Gasteiger partial charge on any atom is -0.382 e. The zero-order chi connectivity index (χ0) is 20.5. The van der Waals surface area contributed by atoms with Gasteiger partial charge in [0.15, 0.2) is 17.3 Å². The van der Waals surface area contributed by atoms with Gasteiger partial charge < -0.3 is 20.5 Å². The molecule has 2 aromatic heterocycles. The number of nitrogens with one attached hydrogen (secondary N) is 1. The van der Waals surface area contributed by atoms with Crippen molar-refractivity contribution in [2.24, 2.45) is 5.92 Å². The van der Waals surface area contributed by atoms with Gasteiger partial charge in [0.25, 0.3) is 0 Å². The van der Waals surface area contributed by atoms with Crippen molar-refractivity contribution >= 4 is 28.6 Å². The lowest BCUT2D eigenvalue weighted by molar-refractivity contribution is -0.136. The van der Waals surface area contributed by atoms with Crippen molar-refractivity contribution in [1.29, 1.82) is 0 Å². The van der Waals surface area contributed by atoms with E-state index in [1.807, 2.05) is 29.2 Å². The van der Waals surface area contributed by atoms with Gasteiger partial charge in [-0.15, -0.1) is 0 Å². The largest absolute Gasteiger partial charge is 0.382 e. The highest BCUT2D eigenvalue weighted by atomic mass is 16.2. The van der Waals surface area contributed by atoms with Crippen LogP contribution < -0.4 is 10.6 Å². The van der Waals surface area contributed by atoms with Gasteiger partial charge in [0.05, 0.1) is 17.2 Å². The van der Waals surface area contributed by atoms with E-state index in [0.29, 0.717) is 23.2 Å². The zero-order valence-electron chi connectivity index (χ0n) is 17.0. The fraction of sp³-hybridized carbons (Fsp3) is 0.455. The minimum atomic E-state index is 0. The summed E-state index contributed by atoms with van der Waals surface area (Å²) in [5, 5.41) is 0. The molecule has 3 aromatic rings. The Labute approximate surface area is 180 Å². The monoisotopic (exact) mass is 411 g/mol. The molecule has 5 rings (SSSR count). The first-order valence-electron chi connectivity index (χ1n) is 10.8. The van der Waals surface area contributed by atoms with Crippen molar-refractivity contribution in [3.8, 4) is 11.5 Å². The number of nitrogens with two attached hydrogens (primary N) is 1. The molecule has 3 heterocycles. The number of fused-ring (bicyclic) bond motifs is 1. The van der Waals surface area contributed by atoms with Crippen LogP contribution in [0.5, 0.6) is 0 Å². The van der Waals surface area contributed by atoms with Gasteiger partial charge in [-0.05, 0) is 25.0 Å². The third-order valence-corrected chi connectivity index (χ3v) is 6.27. The second-order valence-corrected chi connectivity index (χ2v) is 8.21. The molecule has 8 nitrogen and oxygen atoms in total. The van der Waals surface area contributed by atoms with E-state index in [1.54, 1.807) is 6.20 Å². The molecule has 1 aliphatic carbocycles. The second kappa shape index (κ2) is 7.93. The lowest BCUT2D eigenvalue weighted by atomic mass is 9.88. The molecule has 1 aromatic carbocycles. The predicted octanol–water partition coefficient (Wildman–Crippen LogP) is 3.57. The van der Waals surface area contributed by atoms with Crippen LogP contribution in [0.1, 0.15) is 36.4 Å². The Morgan fingerprint density at radius 3 is 2.60 bits per heavy atom. The van der Waals surface area contributed by atoms with E-state index in [-0.39, 0.29) is 10.2 Å². The van der Waals surface area contributed by atoms with Gasteiger partial charge in [-0.2, -0.15) is 0 Å². The van der Waals surface area contributed by atoms with Gasteiger partial charge in [-0.25, -0.2) is 15.0 Å². The highest BCUT2D eigenvalue weighted by molar-refractivity contribution is 5.81. The number of hydrogen-bond donors (Lipinski definition) is 2. The molecule has 0 radical (unpaired) electrons. The maximum atomic E-state index is 12.8. The van der Waals surface area contributed by atoms with Gasteiger partial charge in [0.1, 0.15) is 5.82 Å². The Balaban J connectivity index is 0.00000128. The number of benzene rings is 1. The lowest BCUT2D eigenvalue weighted by Crippen LogP contribution is -2.50. The van der Waals surface area contributed by atoms with Gasteiger partial charge in [0.2, 0.25) is 5.91 Å². The number of amides is 1. The van der Waals surface area contributed by atoms with Gasteiger partial charge in [0, 0.05) is 36.4 Å². The first-order valence-corrected chi connectivity index (χ1v) is 10.8. The normalized spacial score (nSPS) is 18.1. The summed E-state index contributed by atoms with van der Waals surface area (Å²) in [7, 11) is 0. The smallest absolute Gasteiger partial charge is 0.225 e. The summed E-state index contributed by atoms with van der Waals surface area (Å²) >= 11 is 0. The third-order valence-electron chi connectivity index (χ3n) is 6.27. The van der Waals surface area contributed by atoms with E-state index in [0.717, 1.165) is 55.9 Å². The van der Waals surface area contributed by atoms with Crippen LogP contribution in [0.4, 0.5) is 11.6 Å². The van der Waals surface area contributed by atoms with Crippen LogP contribution in [0.3, 0.4) is 0 Å². The zero-order valence-corrected chi connectivity index (χ0v) is 17.0. The number of para-hydroxylation sites is 2. The molecule has 0 bridgehead atoms. The number of aromatic nitrogens is 4. The summed E-state index contributed by atoms with van der Waals surface area (Å²) in [5.41, 5.74) is 8.48. The van der Waals surface area contributed by atoms with Crippen LogP contribution in [-0.2, 0) is 4.79 Å². The molecule has 8 heteroatoms. The quantitative estimate of drug-likeness (QED) is 0.683. The second-order valence-electron chi connectivity index (χ2n) is 8.21. The number of carbonyl (C=O) groups excluding carboxylic acids is 1. The summed E-state index contributed by atoms with van der Waals surface area (Å²) in [5.74, 6) is 2.30. The SMILES string of the molecule is Nc1ncc(N2CCN(C(=O)C3CCCCC3)CC2)nc1-c1nc2ccccc2[nH]1.[HH].[HH].[HH]. The summed E-state index contributed by atoms with van der Waals surface area (Å²) < 4.78 is 0. The van der Waals surface area contributed by atoms with Crippen LogP contribution >= 0.6 is 0 Å². The molecule has 1 saturated heterocycles. The molecular formula is C22H33N7O. The average Bonchev–Trinajstić information content (AvgIpc) is 3.24. The number of rotatable bonds is 3. The Morgan fingerprint density at radius 1 is 1.07 bits per heavy atom. The average molecular weight is 412 g/mol. The number of anilines is 2. The number of carbonyl (C=O) groups is 1. The molecule has 30 heavy (non-hydrogen) atoms. The Morgan fingerprint density at radius 2 is 1.83 bits per heavy atom. The molecule has 1 amide bonds. The van der Waals surface area contributed by atoms with Gasteiger partial charge in [-0.3, -0.25) is 4.79 Å². The van der Waals surface area contributed by atoms with Crippen molar-refractivity contribution in [3.63, 3.8) is 0 Å². The molecule has 162 valence electrons. The van der Waals surface area contributed by atoms with E-state index in [1.165, 1.54) is 19.3 Å². The highest BCUT2D eigenvalue weighted by Gasteiger charge is 2.29. The molecule has 3 N–H and O–H groups in total. The first kappa shape index (κ1) is 18.8. The highest BCUT2D eigenvalue weighted by Crippen LogP contribution is 2.27. The first-order chi connectivity index (χ1) is 14.7. The van der Waals surface area contributed by atoms with Crippen molar-refractivity contribution in [2.75, 3.05) is 36.8 Å². The van der Waals surface area contributed by atoms with Crippen molar-refractivity contribution in [2.45, 2.75) is 32.1 Å². The maximum Gasteiger partial charge on any atom is 0.225 e. The number of H-pyrrole nitrogens is 1. The molecule has 0 atom stereocenters. The molecule has 1 aliphatic heterocycles. The number of piperazine rings is 1. The molecule has 2 fully saturated rings. The molecule has 0 spiro atoms. The van der Waals surface area contributed by atoms with Crippen LogP contribution in [0.15, 0.2) is 30.5 Å². The lowest BCUT2D eigenvalue weighted by Gasteiger charge is -2.37. The van der Waals surface area contributed by atoms with E-state index in [2.05, 4.69) is 19.9 Å². The summed E-state index contributed by atoms with van der Waals surface area (Å²) in [6, 6.07) is 7.84. The maximum absolute atomic E-state index is 12.8. The van der Waals surface area contributed by atoms with E-state index in [9.17, 15) is 4.79 Å². The van der Waals surface area contributed by atoms with Crippen molar-refractivity contribution in [1.82, 2.24) is 24.8 Å². The Kier molecular flexibility index (Phi) is 4.98. The number of imidazole rings is 1. The van der Waals surface area contributed by atoms with Crippen molar-refractivity contribution in [3.05, 3.63) is 30.5 Å². The van der Waals surface area contributed by atoms with Gasteiger partial charge in [-0.1, -0.05) is 31.4 Å². The van der Waals surface area contributed by atoms with Crippen molar-refractivity contribution < 1.29 is 9.07 Å². The molecule has 0 unspecified atom stereocenters. The van der Waals surface area contributed by atoms with Gasteiger partial charge >= 0.3 is 0 Å². The Bertz CT molecular complexity index is 1030. The predicted molar refractivity (Wildman–Crippen MR) is 123 cm³/mol. The third kappa shape index (κ3) is 3.58. The van der Waals surface area contributed by atoms with Crippen LogP contribution in [0.2, 0.25) is 0 Å². The van der Waals surface area contributed by atoms with E-state index >= 15 is 0 Å². The van der Waals surface area contributed by atoms with E-state index < -0.39 is 0 Å². The van der Waals surface area contributed by atoms with E-state index in [4.69, 9.17) is 10.7 Å².